The molecule has 3 aromatic rings. The van der Waals surface area contributed by atoms with Gasteiger partial charge in [-0.1, -0.05) is 68.4 Å². The zero-order chi connectivity index (χ0) is 25.7. The predicted molar refractivity (Wildman–Crippen MR) is 133 cm³/mol. The summed E-state index contributed by atoms with van der Waals surface area (Å²) >= 11 is 0. The summed E-state index contributed by atoms with van der Waals surface area (Å²) in [5, 5.41) is 5.69. The molecule has 0 aromatic heterocycles. The van der Waals surface area contributed by atoms with Crippen molar-refractivity contribution in [1.29, 1.82) is 0 Å². The van der Waals surface area contributed by atoms with E-state index in [0.717, 1.165) is 11.1 Å². The van der Waals surface area contributed by atoms with Gasteiger partial charge in [0, 0.05) is 18.2 Å². The van der Waals surface area contributed by atoms with Crippen molar-refractivity contribution in [2.75, 3.05) is 5.32 Å². The van der Waals surface area contributed by atoms with Crippen LogP contribution in [0.5, 0.6) is 0 Å². The molecule has 0 saturated carbocycles. The number of amides is 3. The molecular formula is C28H28FN3O4. The second-order valence-corrected chi connectivity index (χ2v) is 8.98. The quantitative estimate of drug-likeness (QED) is 0.476. The summed E-state index contributed by atoms with van der Waals surface area (Å²) in [4.78, 5) is 40.0. The first-order chi connectivity index (χ1) is 17.3. The van der Waals surface area contributed by atoms with Crippen LogP contribution in [0.1, 0.15) is 36.6 Å². The minimum absolute atomic E-state index is 0.144. The number of nitrogens with one attached hydrogen (secondary N) is 2. The van der Waals surface area contributed by atoms with Crippen molar-refractivity contribution >= 4 is 23.6 Å². The molecule has 2 atom stereocenters. The second-order valence-electron chi connectivity index (χ2n) is 8.98. The summed E-state index contributed by atoms with van der Waals surface area (Å²) in [5.41, 5.74) is 2.71. The summed E-state index contributed by atoms with van der Waals surface area (Å²) in [6, 6.07) is 21.2. The number of hydrogen-bond donors (Lipinski definition) is 2. The number of cyclic esters (lactones) is 1. The van der Waals surface area contributed by atoms with E-state index in [1.165, 1.54) is 17.0 Å². The largest absolute Gasteiger partial charge is 0.438 e. The first-order valence-electron chi connectivity index (χ1n) is 11.8. The fourth-order valence-corrected chi connectivity index (χ4v) is 3.97. The molecule has 186 valence electrons. The van der Waals surface area contributed by atoms with Gasteiger partial charge in [0.05, 0.1) is 6.54 Å². The van der Waals surface area contributed by atoms with Crippen LogP contribution in [0.25, 0.3) is 0 Å². The number of carbonyl (C=O) groups is 3. The van der Waals surface area contributed by atoms with E-state index >= 15 is 0 Å². The lowest BCUT2D eigenvalue weighted by atomic mass is 9.99. The van der Waals surface area contributed by atoms with Crippen LogP contribution in [0.15, 0.2) is 78.9 Å². The number of anilines is 1. The molecule has 1 aliphatic heterocycles. The maximum atomic E-state index is 13.4. The number of halogens is 1. The standard InChI is InChI=1S/C28H28FN3O4/c1-18(2)26(33)31-23-10-6-9-21(15-23)25-24(27(34)30-16-19-11-13-22(29)14-12-19)32(28(35)36-25)17-20-7-4-3-5-8-20/h3-15,18,24-25H,16-17H2,1-2H3,(H,30,34)(H,31,33). The Morgan fingerprint density at radius 2 is 1.69 bits per heavy atom. The highest BCUT2D eigenvalue weighted by atomic mass is 19.1. The smallest absolute Gasteiger partial charge is 0.411 e. The average Bonchev–Trinajstić information content (AvgIpc) is 3.20. The summed E-state index contributed by atoms with van der Waals surface area (Å²) < 4.78 is 19.0. The van der Waals surface area contributed by atoms with E-state index in [1.54, 1.807) is 50.2 Å². The molecule has 0 radical (unpaired) electrons. The highest BCUT2D eigenvalue weighted by Crippen LogP contribution is 2.35. The summed E-state index contributed by atoms with van der Waals surface area (Å²) in [7, 11) is 0. The lowest BCUT2D eigenvalue weighted by Crippen LogP contribution is -2.46. The second kappa shape index (κ2) is 11.0. The normalized spacial score (nSPS) is 17.1. The monoisotopic (exact) mass is 489 g/mol. The van der Waals surface area contributed by atoms with E-state index < -0.39 is 24.1 Å². The number of carbonyl (C=O) groups excluding carboxylic acids is 3. The van der Waals surface area contributed by atoms with Crippen LogP contribution in [-0.4, -0.2) is 28.8 Å². The van der Waals surface area contributed by atoms with Crippen LogP contribution in [0.2, 0.25) is 0 Å². The van der Waals surface area contributed by atoms with Crippen molar-refractivity contribution in [3.8, 4) is 0 Å². The van der Waals surface area contributed by atoms with Crippen molar-refractivity contribution in [2.24, 2.45) is 5.92 Å². The highest BCUT2D eigenvalue weighted by Gasteiger charge is 2.47. The van der Waals surface area contributed by atoms with Crippen molar-refractivity contribution in [1.82, 2.24) is 10.2 Å². The molecule has 2 unspecified atom stereocenters. The Labute approximate surface area is 209 Å². The number of ether oxygens (including phenoxy) is 1. The molecule has 2 N–H and O–H groups in total. The van der Waals surface area contributed by atoms with Crippen LogP contribution in [-0.2, 0) is 27.4 Å². The first kappa shape index (κ1) is 24.9. The van der Waals surface area contributed by atoms with Crippen molar-refractivity contribution in [2.45, 2.75) is 39.1 Å². The number of nitrogens with zero attached hydrogens (tertiary/aromatic N) is 1. The van der Waals surface area contributed by atoms with Crippen molar-refractivity contribution in [3.63, 3.8) is 0 Å². The van der Waals surface area contributed by atoms with Gasteiger partial charge in [-0.2, -0.15) is 0 Å². The third-order valence-corrected chi connectivity index (χ3v) is 5.94. The molecular weight excluding hydrogens is 461 g/mol. The van der Waals surface area contributed by atoms with Gasteiger partial charge in [-0.25, -0.2) is 9.18 Å². The SMILES string of the molecule is CC(C)C(=O)Nc1cccc(C2OC(=O)N(Cc3ccccc3)C2C(=O)NCc2ccc(F)cc2)c1. The molecule has 7 nitrogen and oxygen atoms in total. The van der Waals surface area contributed by atoms with Crippen molar-refractivity contribution < 1.29 is 23.5 Å². The van der Waals surface area contributed by atoms with Gasteiger partial charge in [-0.15, -0.1) is 0 Å². The maximum Gasteiger partial charge on any atom is 0.411 e. The Kier molecular flexibility index (Phi) is 7.63. The molecule has 0 aliphatic carbocycles. The molecule has 3 aromatic carbocycles. The van der Waals surface area contributed by atoms with Gasteiger partial charge >= 0.3 is 6.09 Å². The minimum atomic E-state index is -0.950. The van der Waals surface area contributed by atoms with Gasteiger partial charge in [0.25, 0.3) is 0 Å². The van der Waals surface area contributed by atoms with E-state index in [9.17, 15) is 18.8 Å². The zero-order valence-electron chi connectivity index (χ0n) is 20.1. The van der Waals surface area contributed by atoms with Gasteiger partial charge < -0.3 is 15.4 Å². The molecule has 4 rings (SSSR count). The Bertz CT molecular complexity index is 1230. The molecule has 1 fully saturated rings. The number of benzene rings is 3. The third-order valence-electron chi connectivity index (χ3n) is 5.94. The molecule has 1 heterocycles. The molecule has 3 amide bonds. The Balaban J connectivity index is 1.60. The topological polar surface area (TPSA) is 87.7 Å². The molecule has 36 heavy (non-hydrogen) atoms. The summed E-state index contributed by atoms with van der Waals surface area (Å²) in [5.74, 6) is -1.11. The average molecular weight is 490 g/mol. The van der Waals surface area contributed by atoms with Crippen LogP contribution in [0.3, 0.4) is 0 Å². The van der Waals surface area contributed by atoms with Gasteiger partial charge in [-0.3, -0.25) is 14.5 Å². The zero-order valence-corrected chi connectivity index (χ0v) is 20.1. The molecule has 1 saturated heterocycles. The van der Waals surface area contributed by atoms with Gasteiger partial charge in [0.1, 0.15) is 5.82 Å². The van der Waals surface area contributed by atoms with Crippen molar-refractivity contribution in [3.05, 3.63) is 101 Å². The number of hydrogen-bond acceptors (Lipinski definition) is 4. The molecule has 1 aliphatic rings. The Morgan fingerprint density at radius 1 is 0.972 bits per heavy atom. The molecule has 8 heteroatoms. The molecule has 0 spiro atoms. The Hall–Kier alpha value is -4.20. The minimum Gasteiger partial charge on any atom is -0.438 e. The number of rotatable bonds is 8. The van der Waals surface area contributed by atoms with Crippen LogP contribution < -0.4 is 10.6 Å². The lowest BCUT2D eigenvalue weighted by Gasteiger charge is -2.24. The fourth-order valence-electron chi connectivity index (χ4n) is 3.97. The molecule has 0 bridgehead atoms. The highest BCUT2D eigenvalue weighted by molar-refractivity contribution is 5.92. The maximum absolute atomic E-state index is 13.4. The fraction of sp³-hybridized carbons (Fsp3) is 0.250. The van der Waals surface area contributed by atoms with Gasteiger partial charge in [-0.05, 0) is 41.0 Å². The third kappa shape index (κ3) is 5.89. The first-order valence-corrected chi connectivity index (χ1v) is 11.8. The lowest BCUT2D eigenvalue weighted by molar-refractivity contribution is -0.126. The van der Waals surface area contributed by atoms with Gasteiger partial charge in [0.2, 0.25) is 11.8 Å². The van der Waals surface area contributed by atoms with Gasteiger partial charge in [0.15, 0.2) is 12.1 Å². The van der Waals surface area contributed by atoms with Crippen LogP contribution in [0, 0.1) is 11.7 Å². The van der Waals surface area contributed by atoms with E-state index in [1.807, 2.05) is 30.3 Å². The summed E-state index contributed by atoms with van der Waals surface area (Å²) in [6.45, 7) is 3.94. The Morgan fingerprint density at radius 3 is 2.39 bits per heavy atom. The van der Waals surface area contributed by atoms with E-state index in [4.69, 9.17) is 4.74 Å². The van der Waals surface area contributed by atoms with E-state index in [0.29, 0.717) is 11.3 Å². The van der Waals surface area contributed by atoms with Crippen LogP contribution in [0.4, 0.5) is 14.9 Å². The van der Waals surface area contributed by atoms with E-state index in [-0.39, 0.29) is 30.7 Å². The van der Waals surface area contributed by atoms with E-state index in [2.05, 4.69) is 10.6 Å². The predicted octanol–water partition coefficient (Wildman–Crippen LogP) is 4.80. The van der Waals surface area contributed by atoms with Crippen LogP contribution >= 0.6 is 0 Å². The summed E-state index contributed by atoms with van der Waals surface area (Å²) in [6.07, 6.45) is -1.49.